The molecule has 0 aromatic heterocycles. The van der Waals surface area contributed by atoms with Crippen molar-refractivity contribution in [3.05, 3.63) is 53.6 Å². The highest BCUT2D eigenvalue weighted by Gasteiger charge is 2.45. The zero-order chi connectivity index (χ0) is 20.8. The van der Waals surface area contributed by atoms with Gasteiger partial charge >= 0.3 is 6.29 Å². The number of sulfone groups is 1. The minimum Gasteiger partial charge on any atom is -0.395 e. The minimum atomic E-state index is -3.63. The molecule has 0 radical (unpaired) electrons. The number of benzene rings is 2. The second kappa shape index (κ2) is 7.25. The average Bonchev–Trinajstić information content (AvgIpc) is 3.23. The largest absolute Gasteiger partial charge is 0.586 e. The van der Waals surface area contributed by atoms with Gasteiger partial charge in [0.25, 0.3) is 0 Å². The summed E-state index contributed by atoms with van der Waals surface area (Å²) < 4.78 is 59.3. The highest BCUT2D eigenvalue weighted by Crippen LogP contribution is 2.45. The Balaban J connectivity index is 1.42. The third-order valence-electron chi connectivity index (χ3n) is 5.62. The molecule has 3 atom stereocenters. The summed E-state index contributed by atoms with van der Waals surface area (Å²) in [5, 5.41) is 3.51. The van der Waals surface area contributed by atoms with Gasteiger partial charge < -0.3 is 14.8 Å². The molecule has 29 heavy (non-hydrogen) atoms. The monoisotopic (exact) mass is 423 g/mol. The van der Waals surface area contributed by atoms with Crippen LogP contribution in [0.2, 0.25) is 0 Å². The van der Waals surface area contributed by atoms with Crippen molar-refractivity contribution in [1.29, 1.82) is 0 Å². The maximum atomic E-state index is 13.4. The minimum absolute atomic E-state index is 0.0522. The van der Waals surface area contributed by atoms with Gasteiger partial charge in [-0.15, -0.1) is 8.78 Å². The summed E-state index contributed by atoms with van der Waals surface area (Å²) in [6, 6.07) is 12.0. The van der Waals surface area contributed by atoms with Crippen LogP contribution in [0.1, 0.15) is 49.3 Å². The number of alkyl halides is 2. The summed E-state index contributed by atoms with van der Waals surface area (Å²) in [7, 11) is -3.20. The van der Waals surface area contributed by atoms with Crippen molar-refractivity contribution in [1.82, 2.24) is 5.32 Å². The Labute approximate surface area is 168 Å². The average molecular weight is 423 g/mol. The van der Waals surface area contributed by atoms with Crippen molar-refractivity contribution in [2.45, 2.75) is 55.4 Å². The van der Waals surface area contributed by atoms with Gasteiger partial charge in [-0.25, -0.2) is 8.42 Å². The molecule has 0 amide bonds. The summed E-state index contributed by atoms with van der Waals surface area (Å²) in [4.78, 5) is 0.319. The molecule has 0 bridgehead atoms. The molecule has 156 valence electrons. The lowest BCUT2D eigenvalue weighted by Gasteiger charge is -2.21. The molecule has 1 fully saturated rings. The fourth-order valence-electron chi connectivity index (χ4n) is 4.20. The van der Waals surface area contributed by atoms with Crippen LogP contribution in [-0.2, 0) is 9.84 Å². The van der Waals surface area contributed by atoms with Gasteiger partial charge in [0.2, 0.25) is 0 Å². The van der Waals surface area contributed by atoms with Gasteiger partial charge in [-0.2, -0.15) is 0 Å². The quantitative estimate of drug-likeness (QED) is 0.772. The number of nitrogens with one attached hydrogen (secondary N) is 1. The van der Waals surface area contributed by atoms with Crippen LogP contribution in [0.15, 0.2) is 47.4 Å². The number of para-hydroxylation sites is 1. The molecule has 4 rings (SSSR count). The molecule has 0 spiro atoms. The summed E-state index contributed by atoms with van der Waals surface area (Å²) in [6.07, 6.45) is 0.391. The van der Waals surface area contributed by atoms with E-state index in [2.05, 4.69) is 10.1 Å². The van der Waals surface area contributed by atoms with Gasteiger partial charge in [0.1, 0.15) is 0 Å². The molecular weight excluding hydrogens is 400 g/mol. The third kappa shape index (κ3) is 4.23. The van der Waals surface area contributed by atoms with E-state index < -0.39 is 16.1 Å². The smallest absolute Gasteiger partial charge is 0.395 e. The number of ether oxygens (including phenoxy) is 2. The van der Waals surface area contributed by atoms with Crippen LogP contribution in [0.3, 0.4) is 0 Å². The van der Waals surface area contributed by atoms with Gasteiger partial charge in [-0.1, -0.05) is 24.3 Å². The maximum Gasteiger partial charge on any atom is 0.586 e. The standard InChI is InChI=1S/C21H23F2NO4S/c1-13(18-4-3-5-19-20(18)28-21(22,23)27-19)24-16-9-6-15(12-16)14-7-10-17(11-8-14)29(2,25)26/h3-5,7-8,10-11,13,15-16,24H,6,9,12H2,1-2H3/t13-,15?,16+/m1/s1. The molecule has 2 aromatic carbocycles. The van der Waals surface area contributed by atoms with Gasteiger partial charge in [0.05, 0.1) is 4.90 Å². The Morgan fingerprint density at radius 1 is 1.10 bits per heavy atom. The van der Waals surface area contributed by atoms with Crippen LogP contribution in [-0.4, -0.2) is 27.0 Å². The van der Waals surface area contributed by atoms with Crippen molar-refractivity contribution in [2.75, 3.05) is 6.26 Å². The lowest BCUT2D eigenvalue weighted by Crippen LogP contribution is -2.30. The summed E-state index contributed by atoms with van der Waals surface area (Å²) in [6.45, 7) is 1.92. The second-order valence-corrected chi connectivity index (χ2v) is 9.79. The Hall–Kier alpha value is -2.19. The molecule has 1 N–H and O–H groups in total. The van der Waals surface area contributed by atoms with Gasteiger partial charge in [-0.3, -0.25) is 0 Å². The van der Waals surface area contributed by atoms with E-state index in [1.807, 2.05) is 19.1 Å². The molecule has 1 aliphatic carbocycles. The first kappa shape index (κ1) is 20.1. The molecule has 8 heteroatoms. The molecule has 1 saturated carbocycles. The lowest BCUT2D eigenvalue weighted by molar-refractivity contribution is -0.287. The van der Waals surface area contributed by atoms with Crippen LogP contribution in [0.5, 0.6) is 11.5 Å². The number of fused-ring (bicyclic) bond motifs is 1. The van der Waals surface area contributed by atoms with Crippen LogP contribution in [0, 0.1) is 0 Å². The van der Waals surface area contributed by atoms with Gasteiger partial charge in [0.15, 0.2) is 21.3 Å². The summed E-state index contributed by atoms with van der Waals surface area (Å²) in [5.74, 6) is 0.471. The molecule has 0 saturated heterocycles. The SMILES string of the molecule is C[C@@H](N[C@H]1CCC(c2ccc(S(C)(=O)=O)cc2)C1)c1cccc2c1OC(F)(F)O2. The Bertz CT molecular complexity index is 1010. The number of rotatable bonds is 5. The lowest BCUT2D eigenvalue weighted by atomic mass is 9.97. The Kier molecular flexibility index (Phi) is 5.02. The molecule has 2 aliphatic rings. The van der Waals surface area contributed by atoms with E-state index in [0.717, 1.165) is 24.8 Å². The van der Waals surface area contributed by atoms with Crippen LogP contribution in [0.4, 0.5) is 8.78 Å². The fourth-order valence-corrected chi connectivity index (χ4v) is 4.83. The first-order valence-corrected chi connectivity index (χ1v) is 11.5. The number of halogens is 2. The van der Waals surface area contributed by atoms with E-state index in [1.54, 1.807) is 24.3 Å². The van der Waals surface area contributed by atoms with Gasteiger partial charge in [0, 0.05) is 23.9 Å². The van der Waals surface area contributed by atoms with E-state index in [-0.39, 0.29) is 23.6 Å². The number of hydrogen-bond acceptors (Lipinski definition) is 5. The summed E-state index contributed by atoms with van der Waals surface area (Å²) >= 11 is 0. The van der Waals surface area contributed by atoms with Gasteiger partial charge in [-0.05, 0) is 55.9 Å². The normalized spacial score (nSPS) is 23.9. The molecule has 1 heterocycles. The van der Waals surface area contributed by atoms with Crippen molar-refractivity contribution in [3.8, 4) is 11.5 Å². The highest BCUT2D eigenvalue weighted by molar-refractivity contribution is 7.90. The summed E-state index contributed by atoms with van der Waals surface area (Å²) in [5.41, 5.74) is 1.76. The zero-order valence-corrected chi connectivity index (χ0v) is 17.0. The molecule has 1 unspecified atom stereocenters. The van der Waals surface area contributed by atoms with Crippen molar-refractivity contribution < 1.29 is 26.7 Å². The second-order valence-electron chi connectivity index (χ2n) is 7.78. The van der Waals surface area contributed by atoms with Crippen LogP contribution < -0.4 is 14.8 Å². The van der Waals surface area contributed by atoms with E-state index in [4.69, 9.17) is 4.74 Å². The zero-order valence-electron chi connectivity index (χ0n) is 16.2. The molecule has 1 aliphatic heterocycles. The van der Waals surface area contributed by atoms with Crippen molar-refractivity contribution in [2.24, 2.45) is 0 Å². The Morgan fingerprint density at radius 3 is 2.52 bits per heavy atom. The van der Waals surface area contributed by atoms with Crippen molar-refractivity contribution in [3.63, 3.8) is 0 Å². The van der Waals surface area contributed by atoms with Crippen LogP contribution >= 0.6 is 0 Å². The predicted molar refractivity (Wildman–Crippen MR) is 104 cm³/mol. The van der Waals surface area contributed by atoms with E-state index >= 15 is 0 Å². The van der Waals surface area contributed by atoms with E-state index in [1.165, 1.54) is 12.3 Å². The first-order chi connectivity index (χ1) is 13.6. The molecule has 2 aromatic rings. The third-order valence-corrected chi connectivity index (χ3v) is 6.75. The van der Waals surface area contributed by atoms with E-state index in [9.17, 15) is 17.2 Å². The fraction of sp³-hybridized carbons (Fsp3) is 0.429. The van der Waals surface area contributed by atoms with Crippen molar-refractivity contribution >= 4 is 9.84 Å². The highest BCUT2D eigenvalue weighted by atomic mass is 32.2. The number of hydrogen-bond donors (Lipinski definition) is 1. The Morgan fingerprint density at radius 2 is 1.83 bits per heavy atom. The first-order valence-electron chi connectivity index (χ1n) is 9.57. The molecule has 5 nitrogen and oxygen atoms in total. The predicted octanol–water partition coefficient (Wildman–Crippen LogP) is 4.40. The van der Waals surface area contributed by atoms with Crippen LogP contribution in [0.25, 0.3) is 0 Å². The molecular formula is C21H23F2NO4S. The maximum absolute atomic E-state index is 13.4. The topological polar surface area (TPSA) is 64.6 Å². The van der Waals surface area contributed by atoms with E-state index in [0.29, 0.717) is 16.4 Å².